The molecule has 0 aromatic heterocycles. The van der Waals surface area contributed by atoms with Gasteiger partial charge < -0.3 is 33.3 Å². The zero-order chi connectivity index (χ0) is 56.2. The minimum Gasteiger partial charge on any atom is -0.545 e. The van der Waals surface area contributed by atoms with Gasteiger partial charge in [0.25, 0.3) is 0 Å². The van der Waals surface area contributed by atoms with E-state index in [2.05, 4.69) is 111 Å². The van der Waals surface area contributed by atoms with E-state index in [9.17, 15) is 19.5 Å². The fourth-order valence-electron chi connectivity index (χ4n) is 8.58. The first-order valence-electron chi connectivity index (χ1n) is 31.4. The fraction of sp³-hybridized carbons (Fsp3) is 0.721. The number of hydrogen-bond donors (Lipinski definition) is 0. The van der Waals surface area contributed by atoms with Crippen LogP contribution in [0.5, 0.6) is 0 Å². The second-order valence-electron chi connectivity index (χ2n) is 21.9. The number of carbonyl (C=O) groups is 3. The van der Waals surface area contributed by atoms with Gasteiger partial charge in [0.1, 0.15) is 13.2 Å². The minimum absolute atomic E-state index is 0.142. The van der Waals surface area contributed by atoms with Gasteiger partial charge in [0.05, 0.1) is 40.3 Å². The Labute approximate surface area is 473 Å². The molecule has 9 nitrogen and oxygen atoms in total. The van der Waals surface area contributed by atoms with Gasteiger partial charge in [-0.1, -0.05) is 252 Å². The zero-order valence-electron chi connectivity index (χ0n) is 50.3. The van der Waals surface area contributed by atoms with E-state index in [1.807, 2.05) is 21.1 Å². The molecule has 77 heavy (non-hydrogen) atoms. The Morgan fingerprint density at radius 3 is 1.04 bits per heavy atom. The van der Waals surface area contributed by atoms with E-state index in [1.54, 1.807) is 0 Å². The van der Waals surface area contributed by atoms with Gasteiger partial charge in [-0.2, -0.15) is 0 Å². The van der Waals surface area contributed by atoms with Gasteiger partial charge in [-0.3, -0.25) is 9.59 Å². The van der Waals surface area contributed by atoms with Gasteiger partial charge in [0.15, 0.2) is 12.4 Å². The third-order valence-electron chi connectivity index (χ3n) is 13.3. The molecule has 0 aliphatic rings. The molecule has 0 aromatic carbocycles. The SMILES string of the molecule is CC/C=C\C/C=C\C/C=C\C/C=C\C/C=C\CCCCCCCCCCCCCCCCCCCCCCCC(=O)OC(COC(=O)CCCCCCC/C=C\C/C=C\C/C=C\CC)COC(OCC[N+](C)(C)C)C(=O)[O-]. The number of ether oxygens (including phenoxy) is 4. The summed E-state index contributed by atoms with van der Waals surface area (Å²) < 4.78 is 22.7. The van der Waals surface area contributed by atoms with Crippen LogP contribution >= 0.6 is 0 Å². The highest BCUT2D eigenvalue weighted by Crippen LogP contribution is 2.17. The summed E-state index contributed by atoms with van der Waals surface area (Å²) in [7, 11) is 5.92. The number of unbranched alkanes of at least 4 members (excludes halogenated alkanes) is 26. The summed E-state index contributed by atoms with van der Waals surface area (Å²) >= 11 is 0. The number of carboxylic acid groups (broad SMARTS) is 1. The van der Waals surface area contributed by atoms with E-state index in [-0.39, 0.29) is 38.6 Å². The van der Waals surface area contributed by atoms with Crippen molar-refractivity contribution in [2.45, 2.75) is 270 Å². The van der Waals surface area contributed by atoms with Crippen LogP contribution in [0.2, 0.25) is 0 Å². The Balaban J connectivity index is 4.04. The Morgan fingerprint density at radius 1 is 0.390 bits per heavy atom. The van der Waals surface area contributed by atoms with Gasteiger partial charge in [-0.05, 0) is 89.9 Å². The van der Waals surface area contributed by atoms with Crippen LogP contribution in [-0.4, -0.2) is 82.3 Å². The molecule has 0 aliphatic heterocycles. The first-order valence-corrected chi connectivity index (χ1v) is 31.4. The maximum absolute atomic E-state index is 12.9. The van der Waals surface area contributed by atoms with Crippen molar-refractivity contribution in [3.63, 3.8) is 0 Å². The molecule has 2 atom stereocenters. The normalized spacial score (nSPS) is 13.4. The topological polar surface area (TPSA) is 111 Å². The zero-order valence-corrected chi connectivity index (χ0v) is 50.3. The summed E-state index contributed by atoms with van der Waals surface area (Å²) in [5.41, 5.74) is 0. The standard InChI is InChI=1S/C68H117NO8/c1-6-8-10-12-14-16-18-20-22-23-24-25-26-27-28-29-30-31-32-33-34-35-36-37-38-39-40-41-42-43-45-47-49-51-53-55-57-59-66(71)77-64(63-76-68(67(72)73)74-61-60-69(3,4)5)62-75-65(70)58-56-54-52-50-48-46-44-21-19-17-15-13-11-9-7-2/h8-11,14-17,20-22,24-25,27-28,44,64,68H,6-7,12-13,18-19,23,26,29-43,45-63H2,1-5H3/b10-8-,11-9-,16-14-,17-15-,22-20-,25-24-,28-27-,44-21-. The van der Waals surface area contributed by atoms with E-state index < -0.39 is 24.3 Å². The lowest BCUT2D eigenvalue weighted by Gasteiger charge is -2.26. The molecular weight excluding hydrogens is 959 g/mol. The maximum Gasteiger partial charge on any atom is 0.306 e. The molecule has 2 unspecified atom stereocenters. The van der Waals surface area contributed by atoms with E-state index in [0.717, 1.165) is 103 Å². The van der Waals surface area contributed by atoms with Crippen molar-refractivity contribution in [1.82, 2.24) is 0 Å². The number of esters is 2. The van der Waals surface area contributed by atoms with Crippen LogP contribution in [0.3, 0.4) is 0 Å². The Bertz CT molecular complexity index is 1580. The monoisotopic (exact) mass is 1080 g/mol. The van der Waals surface area contributed by atoms with Gasteiger partial charge in [-0.15, -0.1) is 0 Å². The lowest BCUT2D eigenvalue weighted by Crippen LogP contribution is -2.44. The summed E-state index contributed by atoms with van der Waals surface area (Å²) in [6.45, 7) is 4.51. The van der Waals surface area contributed by atoms with E-state index in [1.165, 1.54) is 122 Å². The van der Waals surface area contributed by atoms with Gasteiger partial charge in [-0.25, -0.2) is 0 Å². The molecule has 0 spiro atoms. The number of carboxylic acids is 1. The average molecular weight is 1080 g/mol. The van der Waals surface area contributed by atoms with Gasteiger partial charge in [0.2, 0.25) is 0 Å². The summed E-state index contributed by atoms with van der Waals surface area (Å²) in [4.78, 5) is 37.3. The molecule has 9 heteroatoms. The number of likely N-dealkylation sites (N-methyl/N-ethyl adjacent to an activating group) is 1. The van der Waals surface area contributed by atoms with Crippen LogP contribution in [0.25, 0.3) is 0 Å². The van der Waals surface area contributed by atoms with Crippen LogP contribution in [0, 0.1) is 0 Å². The lowest BCUT2D eigenvalue weighted by molar-refractivity contribution is -0.870. The predicted molar refractivity (Wildman–Crippen MR) is 324 cm³/mol. The molecule has 0 heterocycles. The average Bonchev–Trinajstić information content (AvgIpc) is 3.40. The third kappa shape index (κ3) is 59.7. The molecule has 0 aromatic rings. The summed E-state index contributed by atoms with van der Waals surface area (Å²) in [5, 5.41) is 11.8. The highest BCUT2D eigenvalue weighted by Gasteiger charge is 2.22. The number of nitrogens with zero attached hydrogens (tertiary/aromatic N) is 1. The molecule has 0 rings (SSSR count). The molecule has 442 valence electrons. The van der Waals surface area contributed by atoms with Gasteiger partial charge >= 0.3 is 11.9 Å². The summed E-state index contributed by atoms with van der Waals surface area (Å²) in [6.07, 6.45) is 76.3. The molecule has 0 saturated heterocycles. The Hall–Kier alpha value is -3.79. The van der Waals surface area contributed by atoms with E-state index in [0.29, 0.717) is 17.4 Å². The van der Waals surface area contributed by atoms with Crippen molar-refractivity contribution >= 4 is 17.9 Å². The van der Waals surface area contributed by atoms with Crippen LogP contribution in [0.4, 0.5) is 0 Å². The second kappa shape index (κ2) is 58.4. The van der Waals surface area contributed by atoms with Crippen LogP contribution < -0.4 is 5.11 Å². The van der Waals surface area contributed by atoms with E-state index in [4.69, 9.17) is 18.9 Å². The summed E-state index contributed by atoms with van der Waals surface area (Å²) in [6, 6.07) is 0. The van der Waals surface area contributed by atoms with Crippen molar-refractivity contribution in [2.24, 2.45) is 0 Å². The third-order valence-corrected chi connectivity index (χ3v) is 13.3. The van der Waals surface area contributed by atoms with Gasteiger partial charge in [0, 0.05) is 12.8 Å². The van der Waals surface area contributed by atoms with Crippen LogP contribution in [0.15, 0.2) is 97.2 Å². The number of quaternary nitrogens is 1. The second-order valence-corrected chi connectivity index (χ2v) is 21.9. The summed E-state index contributed by atoms with van der Waals surface area (Å²) in [5.74, 6) is -2.30. The molecule has 0 aliphatic carbocycles. The lowest BCUT2D eigenvalue weighted by atomic mass is 10.0. The number of carbonyl (C=O) groups excluding carboxylic acids is 3. The molecule has 0 radical (unpaired) electrons. The Kier molecular flexibility index (Phi) is 55.5. The first kappa shape index (κ1) is 73.2. The molecule has 0 saturated carbocycles. The highest BCUT2D eigenvalue weighted by atomic mass is 16.7. The molecule has 0 fully saturated rings. The Morgan fingerprint density at radius 2 is 0.701 bits per heavy atom. The molecular formula is C68H117NO8. The highest BCUT2D eigenvalue weighted by molar-refractivity contribution is 5.70. The minimum atomic E-state index is -1.63. The number of allylic oxidation sites excluding steroid dienone is 16. The number of aliphatic carboxylic acids is 1. The number of hydrogen-bond acceptors (Lipinski definition) is 8. The largest absolute Gasteiger partial charge is 0.545 e. The molecule has 0 bridgehead atoms. The van der Waals surface area contributed by atoms with Crippen molar-refractivity contribution < 1.29 is 42.9 Å². The molecule has 0 N–H and O–H groups in total. The van der Waals surface area contributed by atoms with Crippen molar-refractivity contribution in [2.75, 3.05) is 47.5 Å². The van der Waals surface area contributed by atoms with Crippen LogP contribution in [0.1, 0.15) is 258 Å². The molecule has 0 amide bonds. The number of rotatable bonds is 57. The van der Waals surface area contributed by atoms with Crippen molar-refractivity contribution in [3.05, 3.63) is 97.2 Å². The maximum atomic E-state index is 12.9. The van der Waals surface area contributed by atoms with Crippen molar-refractivity contribution in [3.8, 4) is 0 Å². The predicted octanol–water partition coefficient (Wildman–Crippen LogP) is 17.6. The van der Waals surface area contributed by atoms with Crippen LogP contribution in [-0.2, 0) is 33.3 Å². The van der Waals surface area contributed by atoms with E-state index >= 15 is 0 Å². The first-order chi connectivity index (χ1) is 37.6. The smallest absolute Gasteiger partial charge is 0.306 e. The fourth-order valence-corrected chi connectivity index (χ4v) is 8.58. The quantitative estimate of drug-likeness (QED) is 0.0195. The van der Waals surface area contributed by atoms with Crippen molar-refractivity contribution in [1.29, 1.82) is 0 Å².